The molecule has 0 aliphatic carbocycles. The Kier molecular flexibility index (Phi) is 6.00. The van der Waals surface area contributed by atoms with Gasteiger partial charge in [-0.2, -0.15) is 0 Å². The largest absolute Gasteiger partial charge is 0.326 e. The highest BCUT2D eigenvalue weighted by Gasteiger charge is 2.25. The van der Waals surface area contributed by atoms with Gasteiger partial charge in [-0.05, 0) is 74.3 Å². The Balaban J connectivity index is 1.51. The van der Waals surface area contributed by atoms with Crippen LogP contribution in [-0.4, -0.2) is 23.9 Å². The lowest BCUT2D eigenvalue weighted by atomic mass is 9.95. The molecule has 0 unspecified atom stereocenters. The van der Waals surface area contributed by atoms with Gasteiger partial charge >= 0.3 is 0 Å². The van der Waals surface area contributed by atoms with Crippen molar-refractivity contribution < 1.29 is 4.79 Å². The molecule has 132 valence electrons. The molecule has 5 heteroatoms. The molecule has 1 fully saturated rings. The molecule has 0 aromatic heterocycles. The average Bonchev–Trinajstić information content (AvgIpc) is 2.60. The van der Waals surface area contributed by atoms with E-state index in [0.717, 1.165) is 48.7 Å². The molecule has 0 bridgehead atoms. The lowest BCUT2D eigenvalue weighted by molar-refractivity contribution is -0.121. The van der Waals surface area contributed by atoms with Gasteiger partial charge in [-0.3, -0.25) is 9.69 Å². The number of hydrogen-bond donors (Lipinski definition) is 1. The van der Waals surface area contributed by atoms with Crippen LogP contribution in [0.3, 0.4) is 0 Å². The summed E-state index contributed by atoms with van der Waals surface area (Å²) in [5, 5.41) is 4.49. The normalized spacial score (nSPS) is 16.0. The molecule has 0 spiro atoms. The minimum atomic E-state index is 0.0662. The number of amides is 1. The van der Waals surface area contributed by atoms with Gasteiger partial charge in [0.2, 0.25) is 5.91 Å². The van der Waals surface area contributed by atoms with Gasteiger partial charge in [0.25, 0.3) is 0 Å². The van der Waals surface area contributed by atoms with Crippen LogP contribution in [0.4, 0.5) is 5.69 Å². The molecule has 1 aliphatic rings. The van der Waals surface area contributed by atoms with Crippen molar-refractivity contribution in [3.05, 3.63) is 63.6 Å². The maximum Gasteiger partial charge on any atom is 0.227 e. The van der Waals surface area contributed by atoms with Crippen molar-refractivity contribution in [2.24, 2.45) is 5.92 Å². The van der Waals surface area contributed by atoms with Gasteiger partial charge in [-0.1, -0.05) is 35.3 Å². The molecule has 25 heavy (non-hydrogen) atoms. The topological polar surface area (TPSA) is 32.3 Å². The molecule has 1 N–H and O–H groups in total. The van der Waals surface area contributed by atoms with Crippen molar-refractivity contribution >= 4 is 34.8 Å². The Morgan fingerprint density at radius 2 is 1.72 bits per heavy atom. The highest BCUT2D eigenvalue weighted by atomic mass is 35.5. The van der Waals surface area contributed by atoms with Crippen LogP contribution in [0, 0.1) is 12.8 Å². The minimum Gasteiger partial charge on any atom is -0.326 e. The first kappa shape index (κ1) is 18.2. The zero-order valence-corrected chi connectivity index (χ0v) is 15.8. The van der Waals surface area contributed by atoms with Crippen molar-refractivity contribution in [1.82, 2.24) is 4.90 Å². The number of benzene rings is 2. The molecule has 1 amide bonds. The fourth-order valence-corrected chi connectivity index (χ4v) is 3.56. The van der Waals surface area contributed by atoms with Gasteiger partial charge in [0, 0.05) is 28.2 Å². The summed E-state index contributed by atoms with van der Waals surface area (Å²) < 4.78 is 0. The van der Waals surface area contributed by atoms with Crippen molar-refractivity contribution in [1.29, 1.82) is 0 Å². The Bertz CT molecular complexity index is 738. The van der Waals surface area contributed by atoms with Gasteiger partial charge in [-0.15, -0.1) is 0 Å². The van der Waals surface area contributed by atoms with Crippen LogP contribution >= 0.6 is 23.2 Å². The lowest BCUT2D eigenvalue weighted by Crippen LogP contribution is -2.37. The predicted octanol–water partition coefficient (Wildman–Crippen LogP) is 5.15. The first-order valence-electron chi connectivity index (χ1n) is 8.55. The van der Waals surface area contributed by atoms with Crippen molar-refractivity contribution in [2.75, 3.05) is 18.4 Å². The van der Waals surface area contributed by atoms with Gasteiger partial charge in [0.05, 0.1) is 0 Å². The van der Waals surface area contributed by atoms with Crippen LogP contribution in [0.25, 0.3) is 0 Å². The van der Waals surface area contributed by atoms with E-state index in [2.05, 4.69) is 22.3 Å². The van der Waals surface area contributed by atoms with Crippen molar-refractivity contribution in [2.45, 2.75) is 26.3 Å². The predicted molar refractivity (Wildman–Crippen MR) is 104 cm³/mol. The number of hydrogen-bond acceptors (Lipinski definition) is 2. The Hall–Kier alpha value is -1.55. The number of likely N-dealkylation sites (tertiary alicyclic amines) is 1. The van der Waals surface area contributed by atoms with E-state index >= 15 is 0 Å². The molecular weight excluding hydrogens is 355 g/mol. The highest BCUT2D eigenvalue weighted by molar-refractivity contribution is 6.31. The van der Waals surface area contributed by atoms with Gasteiger partial charge in [-0.25, -0.2) is 0 Å². The van der Waals surface area contributed by atoms with E-state index in [1.54, 1.807) is 6.07 Å². The molecule has 3 nitrogen and oxygen atoms in total. The lowest BCUT2D eigenvalue weighted by Gasteiger charge is -2.31. The molecule has 1 aliphatic heterocycles. The fourth-order valence-electron chi connectivity index (χ4n) is 3.20. The fraction of sp³-hybridized carbons (Fsp3) is 0.350. The standard InChI is InChI=1S/C20H22Cl2N2O/c1-14-12-18(22)6-7-19(14)23-20(25)16-8-10-24(11-9-16)13-15-2-4-17(21)5-3-15/h2-7,12,16H,8-11,13H2,1H3,(H,23,25). The van der Waals surface area contributed by atoms with Crippen molar-refractivity contribution in [3.63, 3.8) is 0 Å². The molecule has 3 rings (SSSR count). The third-order valence-corrected chi connectivity index (χ3v) is 5.21. The molecule has 0 atom stereocenters. The van der Waals surface area contributed by atoms with Crippen LogP contribution in [0.1, 0.15) is 24.0 Å². The summed E-state index contributed by atoms with van der Waals surface area (Å²) in [6.45, 7) is 4.72. The summed E-state index contributed by atoms with van der Waals surface area (Å²) in [5.41, 5.74) is 3.09. The molecule has 0 radical (unpaired) electrons. The average molecular weight is 377 g/mol. The van der Waals surface area contributed by atoms with E-state index in [0.29, 0.717) is 5.02 Å². The number of anilines is 1. The number of rotatable bonds is 4. The molecular formula is C20H22Cl2N2O. The zero-order chi connectivity index (χ0) is 17.8. The first-order chi connectivity index (χ1) is 12.0. The van der Waals surface area contributed by atoms with Crippen LogP contribution in [0.5, 0.6) is 0 Å². The van der Waals surface area contributed by atoms with Crippen LogP contribution < -0.4 is 5.32 Å². The molecule has 2 aromatic carbocycles. The number of piperidine rings is 1. The smallest absolute Gasteiger partial charge is 0.227 e. The number of carbonyl (C=O) groups is 1. The first-order valence-corrected chi connectivity index (χ1v) is 9.30. The summed E-state index contributed by atoms with van der Waals surface area (Å²) in [5.74, 6) is 0.174. The summed E-state index contributed by atoms with van der Waals surface area (Å²) in [6, 6.07) is 13.5. The molecule has 1 saturated heterocycles. The quantitative estimate of drug-likeness (QED) is 0.799. The SMILES string of the molecule is Cc1cc(Cl)ccc1NC(=O)C1CCN(Cc2ccc(Cl)cc2)CC1. The zero-order valence-electron chi connectivity index (χ0n) is 14.3. The Morgan fingerprint density at radius 1 is 1.08 bits per heavy atom. The second kappa shape index (κ2) is 8.22. The second-order valence-electron chi connectivity index (χ2n) is 6.63. The van der Waals surface area contributed by atoms with Crippen LogP contribution in [0.15, 0.2) is 42.5 Å². The number of nitrogens with one attached hydrogen (secondary N) is 1. The van der Waals surface area contributed by atoms with E-state index in [4.69, 9.17) is 23.2 Å². The summed E-state index contributed by atoms with van der Waals surface area (Å²) in [6.07, 6.45) is 1.76. The van der Waals surface area contributed by atoms with Crippen LogP contribution in [-0.2, 0) is 11.3 Å². The molecule has 0 saturated carbocycles. The number of halogens is 2. The van der Waals surface area contributed by atoms with E-state index in [-0.39, 0.29) is 11.8 Å². The van der Waals surface area contributed by atoms with Crippen LogP contribution in [0.2, 0.25) is 10.0 Å². The maximum atomic E-state index is 12.5. The van der Waals surface area contributed by atoms with E-state index in [1.807, 2.05) is 31.2 Å². The number of carbonyl (C=O) groups excluding carboxylic acids is 1. The Morgan fingerprint density at radius 3 is 2.36 bits per heavy atom. The Labute approximate surface area is 158 Å². The van der Waals surface area contributed by atoms with E-state index in [9.17, 15) is 4.79 Å². The molecule has 1 heterocycles. The van der Waals surface area contributed by atoms with Crippen molar-refractivity contribution in [3.8, 4) is 0 Å². The summed E-state index contributed by atoms with van der Waals surface area (Å²) in [4.78, 5) is 14.9. The molecule has 2 aromatic rings. The van der Waals surface area contributed by atoms with Gasteiger partial charge in [0.1, 0.15) is 0 Å². The third kappa shape index (κ3) is 4.97. The van der Waals surface area contributed by atoms with Gasteiger partial charge < -0.3 is 5.32 Å². The van der Waals surface area contributed by atoms with Gasteiger partial charge in [0.15, 0.2) is 0 Å². The minimum absolute atomic E-state index is 0.0662. The van der Waals surface area contributed by atoms with E-state index in [1.165, 1.54) is 5.56 Å². The summed E-state index contributed by atoms with van der Waals surface area (Å²) >= 11 is 11.9. The monoisotopic (exact) mass is 376 g/mol. The number of nitrogens with zero attached hydrogens (tertiary/aromatic N) is 1. The number of aryl methyl sites for hydroxylation is 1. The highest BCUT2D eigenvalue weighted by Crippen LogP contribution is 2.24. The maximum absolute atomic E-state index is 12.5. The second-order valence-corrected chi connectivity index (χ2v) is 7.50. The third-order valence-electron chi connectivity index (χ3n) is 4.72. The summed E-state index contributed by atoms with van der Waals surface area (Å²) in [7, 11) is 0. The van der Waals surface area contributed by atoms with E-state index < -0.39 is 0 Å².